The summed E-state index contributed by atoms with van der Waals surface area (Å²) in [5, 5.41) is 0. The monoisotopic (exact) mass is 239 g/mol. The van der Waals surface area contributed by atoms with E-state index in [2.05, 4.69) is 21.8 Å². The molecule has 2 rings (SSSR count). The maximum atomic E-state index is 13.2. The number of ether oxygens (including phenoxy) is 1. The molecule has 0 saturated carbocycles. The topological polar surface area (TPSA) is 28.6 Å². The Morgan fingerprint density at radius 3 is 2.71 bits per heavy atom. The van der Waals surface area contributed by atoms with Crippen LogP contribution < -0.4 is 4.74 Å². The lowest BCUT2D eigenvalue weighted by molar-refractivity contribution is 0.146. The Balaban J connectivity index is 2.04. The van der Waals surface area contributed by atoms with Gasteiger partial charge in [0.25, 0.3) is 0 Å². The van der Waals surface area contributed by atoms with E-state index < -0.39 is 0 Å². The molecule has 1 aromatic rings. The van der Waals surface area contributed by atoms with E-state index >= 15 is 0 Å². The summed E-state index contributed by atoms with van der Waals surface area (Å²) >= 11 is 0. The molecule has 1 aliphatic rings. The van der Waals surface area contributed by atoms with Crippen LogP contribution in [0.3, 0.4) is 0 Å². The summed E-state index contributed by atoms with van der Waals surface area (Å²) in [5.74, 6) is 0.209. The van der Waals surface area contributed by atoms with Gasteiger partial charge in [-0.3, -0.25) is 4.90 Å². The predicted molar refractivity (Wildman–Crippen MR) is 63.5 cm³/mol. The predicted octanol–water partition coefficient (Wildman–Crippen LogP) is 0.977. The van der Waals surface area contributed by atoms with Gasteiger partial charge in [0.1, 0.15) is 5.82 Å². The number of piperazine rings is 1. The molecule has 0 aliphatic carbocycles. The van der Waals surface area contributed by atoms with Gasteiger partial charge < -0.3 is 9.64 Å². The number of hydrogen-bond acceptors (Lipinski definition) is 4. The van der Waals surface area contributed by atoms with E-state index in [9.17, 15) is 4.39 Å². The van der Waals surface area contributed by atoms with Crippen LogP contribution in [0.4, 0.5) is 4.39 Å². The van der Waals surface area contributed by atoms with E-state index in [1.165, 1.54) is 12.3 Å². The molecule has 5 heteroatoms. The van der Waals surface area contributed by atoms with E-state index in [4.69, 9.17) is 4.74 Å². The van der Waals surface area contributed by atoms with Crippen LogP contribution in [-0.2, 0) is 6.54 Å². The zero-order chi connectivity index (χ0) is 12.3. The first-order valence-electron chi connectivity index (χ1n) is 5.78. The van der Waals surface area contributed by atoms with Gasteiger partial charge in [-0.2, -0.15) is 0 Å². The molecule has 94 valence electrons. The summed E-state index contributed by atoms with van der Waals surface area (Å²) < 4.78 is 18.3. The largest absolute Gasteiger partial charge is 0.481 e. The lowest BCUT2D eigenvalue weighted by atomic mass is 10.2. The minimum atomic E-state index is -0.310. The first-order chi connectivity index (χ1) is 8.19. The van der Waals surface area contributed by atoms with Gasteiger partial charge in [0.15, 0.2) is 0 Å². The van der Waals surface area contributed by atoms with Gasteiger partial charge in [0.2, 0.25) is 5.88 Å². The molecule has 1 fully saturated rings. The highest BCUT2D eigenvalue weighted by Gasteiger charge is 2.16. The molecule has 2 heterocycles. The molecule has 0 N–H and O–H groups in total. The average molecular weight is 239 g/mol. The summed E-state index contributed by atoms with van der Waals surface area (Å²) in [5.41, 5.74) is 0.817. The molecule has 0 spiro atoms. The molecule has 17 heavy (non-hydrogen) atoms. The van der Waals surface area contributed by atoms with Crippen molar-refractivity contribution in [3.63, 3.8) is 0 Å². The van der Waals surface area contributed by atoms with Crippen molar-refractivity contribution < 1.29 is 9.13 Å². The fraction of sp³-hybridized carbons (Fsp3) is 0.583. The van der Waals surface area contributed by atoms with Gasteiger partial charge in [-0.15, -0.1) is 0 Å². The summed E-state index contributed by atoms with van der Waals surface area (Å²) in [7, 11) is 3.68. The Kier molecular flexibility index (Phi) is 3.91. The quantitative estimate of drug-likeness (QED) is 0.786. The normalized spacial score (nSPS) is 18.3. The highest BCUT2D eigenvalue weighted by molar-refractivity contribution is 5.26. The van der Waals surface area contributed by atoms with Crippen LogP contribution in [0.5, 0.6) is 5.88 Å². The SMILES string of the molecule is COc1ncc(F)cc1CN1CCN(C)CC1. The molecule has 1 aromatic heterocycles. The molecule has 0 atom stereocenters. The molecule has 0 unspecified atom stereocenters. The van der Waals surface area contributed by atoms with Crippen molar-refractivity contribution in [1.29, 1.82) is 0 Å². The molecule has 0 bridgehead atoms. The van der Waals surface area contributed by atoms with E-state index in [0.717, 1.165) is 31.7 Å². The Bertz CT molecular complexity index is 378. The van der Waals surface area contributed by atoms with Gasteiger partial charge in [-0.05, 0) is 13.1 Å². The number of rotatable bonds is 3. The van der Waals surface area contributed by atoms with Gasteiger partial charge in [-0.25, -0.2) is 9.37 Å². The molecule has 1 saturated heterocycles. The molecule has 0 amide bonds. The Morgan fingerprint density at radius 1 is 1.35 bits per heavy atom. The van der Waals surface area contributed by atoms with E-state index in [-0.39, 0.29) is 5.82 Å². The maximum absolute atomic E-state index is 13.2. The zero-order valence-corrected chi connectivity index (χ0v) is 10.3. The van der Waals surface area contributed by atoms with Crippen LogP contribution in [0.25, 0.3) is 0 Å². The van der Waals surface area contributed by atoms with Crippen molar-refractivity contribution in [2.24, 2.45) is 0 Å². The third-order valence-electron chi connectivity index (χ3n) is 3.08. The number of hydrogen-bond donors (Lipinski definition) is 0. The summed E-state index contributed by atoms with van der Waals surface area (Å²) in [6, 6.07) is 1.50. The van der Waals surface area contributed by atoms with Gasteiger partial charge in [-0.1, -0.05) is 0 Å². The van der Waals surface area contributed by atoms with E-state index in [0.29, 0.717) is 12.4 Å². The maximum Gasteiger partial charge on any atom is 0.217 e. The first kappa shape index (κ1) is 12.3. The second-order valence-electron chi connectivity index (χ2n) is 4.40. The van der Waals surface area contributed by atoms with Crippen LogP contribution in [0.2, 0.25) is 0 Å². The van der Waals surface area contributed by atoms with E-state index in [1.807, 2.05) is 0 Å². The molecular weight excluding hydrogens is 221 g/mol. The number of pyridine rings is 1. The average Bonchev–Trinajstić information content (AvgIpc) is 2.32. The minimum Gasteiger partial charge on any atom is -0.481 e. The van der Waals surface area contributed by atoms with Crippen LogP contribution in [-0.4, -0.2) is 55.1 Å². The van der Waals surface area contributed by atoms with Crippen LogP contribution in [0.1, 0.15) is 5.56 Å². The molecule has 4 nitrogen and oxygen atoms in total. The van der Waals surface area contributed by atoms with Crippen LogP contribution in [0, 0.1) is 5.82 Å². The number of halogens is 1. The van der Waals surface area contributed by atoms with Crippen molar-refractivity contribution in [3.8, 4) is 5.88 Å². The van der Waals surface area contributed by atoms with Crippen molar-refractivity contribution >= 4 is 0 Å². The second-order valence-corrected chi connectivity index (χ2v) is 4.40. The standard InChI is InChI=1S/C12H18FN3O/c1-15-3-5-16(6-4-15)9-10-7-11(13)8-14-12(10)17-2/h7-8H,3-6,9H2,1-2H3. The van der Waals surface area contributed by atoms with Crippen molar-refractivity contribution in [1.82, 2.24) is 14.8 Å². The number of likely N-dealkylation sites (N-methyl/N-ethyl adjacent to an activating group) is 1. The van der Waals surface area contributed by atoms with E-state index in [1.54, 1.807) is 7.11 Å². The summed E-state index contributed by atoms with van der Waals surface area (Å²) in [6.45, 7) is 4.78. The van der Waals surface area contributed by atoms with Gasteiger partial charge in [0, 0.05) is 38.3 Å². The lowest BCUT2D eigenvalue weighted by Crippen LogP contribution is -2.43. The van der Waals surface area contributed by atoms with Crippen LogP contribution >= 0.6 is 0 Å². The number of methoxy groups -OCH3 is 1. The molecule has 1 aliphatic heterocycles. The number of nitrogens with zero attached hydrogens (tertiary/aromatic N) is 3. The van der Waals surface area contributed by atoms with Crippen molar-refractivity contribution in [2.45, 2.75) is 6.54 Å². The fourth-order valence-corrected chi connectivity index (χ4v) is 2.01. The van der Waals surface area contributed by atoms with Gasteiger partial charge >= 0.3 is 0 Å². The summed E-state index contributed by atoms with van der Waals surface area (Å²) in [6.07, 6.45) is 1.19. The van der Waals surface area contributed by atoms with Crippen molar-refractivity contribution in [2.75, 3.05) is 40.3 Å². The highest BCUT2D eigenvalue weighted by Crippen LogP contribution is 2.18. The Hall–Kier alpha value is -1.20. The third-order valence-corrected chi connectivity index (χ3v) is 3.08. The highest BCUT2D eigenvalue weighted by atomic mass is 19.1. The molecule has 0 aromatic carbocycles. The first-order valence-corrected chi connectivity index (χ1v) is 5.78. The summed E-state index contributed by atoms with van der Waals surface area (Å²) in [4.78, 5) is 8.52. The lowest BCUT2D eigenvalue weighted by Gasteiger charge is -2.32. The second kappa shape index (κ2) is 5.42. The number of aromatic nitrogens is 1. The molecule has 0 radical (unpaired) electrons. The smallest absolute Gasteiger partial charge is 0.217 e. The van der Waals surface area contributed by atoms with Crippen molar-refractivity contribution in [3.05, 3.63) is 23.6 Å². The fourth-order valence-electron chi connectivity index (χ4n) is 2.01. The molecular formula is C12H18FN3O. The Morgan fingerprint density at radius 2 is 2.06 bits per heavy atom. The third kappa shape index (κ3) is 3.14. The zero-order valence-electron chi connectivity index (χ0n) is 10.3. The van der Waals surface area contributed by atoms with Gasteiger partial charge in [0.05, 0.1) is 13.3 Å². The van der Waals surface area contributed by atoms with Crippen LogP contribution in [0.15, 0.2) is 12.3 Å². The minimum absolute atomic E-state index is 0.310. The Labute approximate surface area is 101 Å².